The monoisotopic (exact) mass is 571 g/mol. The molecule has 2 aliphatic rings. The molecule has 0 spiro atoms. The molecule has 0 saturated carbocycles. The molecular formula is C28H31F6N3O3. The lowest BCUT2D eigenvalue weighted by molar-refractivity contribution is -0.144. The number of benzene rings is 2. The van der Waals surface area contributed by atoms with Crippen molar-refractivity contribution < 1.29 is 41.0 Å². The summed E-state index contributed by atoms with van der Waals surface area (Å²) in [5.74, 6) is -1.04. The molecule has 218 valence electrons. The van der Waals surface area contributed by atoms with E-state index >= 15 is 0 Å². The maximum atomic E-state index is 13.8. The highest BCUT2D eigenvalue weighted by molar-refractivity contribution is 5.88. The van der Waals surface area contributed by atoms with Crippen LogP contribution >= 0.6 is 0 Å². The number of nitrogens with zero attached hydrogens (tertiary/aromatic N) is 3. The topological polar surface area (TPSA) is 64.1 Å². The van der Waals surface area contributed by atoms with E-state index in [-0.39, 0.29) is 37.6 Å². The van der Waals surface area contributed by atoms with E-state index in [0.717, 1.165) is 5.56 Å². The van der Waals surface area contributed by atoms with E-state index in [0.29, 0.717) is 25.1 Å². The van der Waals surface area contributed by atoms with Crippen LogP contribution in [-0.4, -0.2) is 77.1 Å². The third kappa shape index (κ3) is 5.91. The first kappa shape index (κ1) is 29.7. The number of halogens is 6. The Labute approximate surface area is 228 Å². The van der Waals surface area contributed by atoms with Crippen molar-refractivity contribution >= 4 is 11.9 Å². The highest BCUT2D eigenvalue weighted by Gasteiger charge is 2.46. The quantitative estimate of drug-likeness (QED) is 0.519. The average molecular weight is 572 g/mol. The molecule has 2 fully saturated rings. The molecule has 2 aliphatic heterocycles. The molecule has 0 aromatic heterocycles. The SMILES string of the molecule is CN(C(=O)C(C)(C)c1cc(C(F)(F)F)cc(C(F)(F)F)c1)[C@@H]1CN(C(=O)N2CC[C@H](O)C2)C[C@H]1c1ccccc1. The molecule has 0 aliphatic carbocycles. The maximum Gasteiger partial charge on any atom is 0.416 e. The van der Waals surface area contributed by atoms with Crippen LogP contribution in [0.3, 0.4) is 0 Å². The van der Waals surface area contributed by atoms with Crippen LogP contribution in [0.25, 0.3) is 0 Å². The zero-order chi connectivity index (χ0) is 29.6. The summed E-state index contributed by atoms with van der Waals surface area (Å²) in [6.45, 7) is 3.52. The Morgan fingerprint density at radius 2 is 1.40 bits per heavy atom. The molecule has 6 nitrogen and oxygen atoms in total. The van der Waals surface area contributed by atoms with E-state index in [1.54, 1.807) is 17.0 Å². The second-order valence-electron chi connectivity index (χ2n) is 11.0. The molecule has 2 saturated heterocycles. The van der Waals surface area contributed by atoms with Crippen molar-refractivity contribution in [2.75, 3.05) is 33.2 Å². The van der Waals surface area contributed by atoms with Crippen molar-refractivity contribution in [3.63, 3.8) is 0 Å². The summed E-state index contributed by atoms with van der Waals surface area (Å²) in [6.07, 6.45) is -10.3. The predicted octanol–water partition coefficient (Wildman–Crippen LogP) is 5.11. The molecule has 40 heavy (non-hydrogen) atoms. The van der Waals surface area contributed by atoms with Gasteiger partial charge < -0.3 is 19.8 Å². The Balaban J connectivity index is 1.67. The van der Waals surface area contributed by atoms with E-state index < -0.39 is 52.5 Å². The number of likely N-dealkylation sites (tertiary alicyclic amines) is 2. The van der Waals surface area contributed by atoms with Crippen molar-refractivity contribution in [2.45, 2.75) is 56.1 Å². The van der Waals surface area contributed by atoms with Crippen molar-refractivity contribution in [1.82, 2.24) is 14.7 Å². The van der Waals surface area contributed by atoms with Gasteiger partial charge in [-0.2, -0.15) is 26.3 Å². The maximum absolute atomic E-state index is 13.8. The molecule has 4 rings (SSSR count). The van der Waals surface area contributed by atoms with Crippen LogP contribution in [0.2, 0.25) is 0 Å². The van der Waals surface area contributed by atoms with E-state index in [1.807, 2.05) is 18.2 Å². The number of carbonyl (C=O) groups is 2. The van der Waals surface area contributed by atoms with Gasteiger partial charge >= 0.3 is 18.4 Å². The van der Waals surface area contributed by atoms with Crippen LogP contribution in [0.1, 0.15) is 48.4 Å². The van der Waals surface area contributed by atoms with Gasteiger partial charge in [-0.3, -0.25) is 4.79 Å². The summed E-state index contributed by atoms with van der Waals surface area (Å²) < 4.78 is 81.1. The number of carbonyl (C=O) groups excluding carboxylic acids is 2. The normalized spacial score (nSPS) is 22.1. The number of alkyl halides is 6. The summed E-state index contributed by atoms with van der Waals surface area (Å²) in [4.78, 5) is 31.5. The Bertz CT molecular complexity index is 1220. The molecule has 0 bridgehead atoms. The highest BCUT2D eigenvalue weighted by Crippen LogP contribution is 2.40. The first-order chi connectivity index (χ1) is 18.5. The minimum Gasteiger partial charge on any atom is -0.391 e. The zero-order valence-electron chi connectivity index (χ0n) is 22.3. The number of rotatable bonds is 4. The summed E-state index contributed by atoms with van der Waals surface area (Å²) in [7, 11) is 1.45. The second kappa shape index (κ2) is 10.6. The summed E-state index contributed by atoms with van der Waals surface area (Å²) in [5.41, 5.74) is -4.32. The minimum atomic E-state index is -5.05. The molecular weight excluding hydrogens is 540 g/mol. The fourth-order valence-corrected chi connectivity index (χ4v) is 5.51. The van der Waals surface area contributed by atoms with Crippen LogP contribution < -0.4 is 0 Å². The van der Waals surface area contributed by atoms with Gasteiger partial charge in [-0.1, -0.05) is 30.3 Å². The van der Waals surface area contributed by atoms with Gasteiger partial charge in [0, 0.05) is 39.1 Å². The number of β-amino-alcohol motifs (C(OH)–C–C–N with tert-alkyl or cyclic N) is 1. The van der Waals surface area contributed by atoms with Crippen LogP contribution in [-0.2, 0) is 22.6 Å². The number of amides is 3. The predicted molar refractivity (Wildman–Crippen MR) is 134 cm³/mol. The van der Waals surface area contributed by atoms with Gasteiger partial charge in [0.25, 0.3) is 0 Å². The second-order valence-corrected chi connectivity index (χ2v) is 11.0. The van der Waals surface area contributed by atoms with Crippen LogP contribution in [0.4, 0.5) is 31.1 Å². The third-order valence-corrected chi connectivity index (χ3v) is 7.88. The Morgan fingerprint density at radius 3 is 1.90 bits per heavy atom. The number of aliphatic hydroxyl groups is 1. The Kier molecular flexibility index (Phi) is 7.87. The minimum absolute atomic E-state index is 0.0367. The Morgan fingerprint density at radius 1 is 0.850 bits per heavy atom. The number of likely N-dealkylation sites (N-methyl/N-ethyl adjacent to an activating group) is 1. The van der Waals surface area contributed by atoms with Crippen LogP contribution in [0.5, 0.6) is 0 Å². The molecule has 2 heterocycles. The lowest BCUT2D eigenvalue weighted by Crippen LogP contribution is -2.49. The molecule has 3 amide bonds. The fourth-order valence-electron chi connectivity index (χ4n) is 5.51. The number of hydrogen-bond donors (Lipinski definition) is 1. The number of urea groups is 1. The zero-order valence-corrected chi connectivity index (χ0v) is 22.3. The van der Waals surface area contributed by atoms with Gasteiger partial charge in [0.1, 0.15) is 0 Å². The number of hydrogen-bond acceptors (Lipinski definition) is 3. The molecule has 1 N–H and O–H groups in total. The van der Waals surface area contributed by atoms with Crippen molar-refractivity contribution in [2.24, 2.45) is 0 Å². The van der Waals surface area contributed by atoms with E-state index in [1.165, 1.54) is 30.7 Å². The van der Waals surface area contributed by atoms with Crippen molar-refractivity contribution in [1.29, 1.82) is 0 Å². The van der Waals surface area contributed by atoms with Crippen LogP contribution in [0, 0.1) is 0 Å². The van der Waals surface area contributed by atoms with Crippen LogP contribution in [0.15, 0.2) is 48.5 Å². The summed E-state index contributed by atoms with van der Waals surface area (Å²) in [5, 5.41) is 9.87. The van der Waals surface area contributed by atoms with Gasteiger partial charge in [-0.25, -0.2) is 4.79 Å². The molecule has 12 heteroatoms. The largest absolute Gasteiger partial charge is 0.416 e. The molecule has 0 unspecified atom stereocenters. The lowest BCUT2D eigenvalue weighted by Gasteiger charge is -2.36. The van der Waals surface area contributed by atoms with Crippen molar-refractivity contribution in [3.05, 3.63) is 70.8 Å². The standard InChI is InChI=1S/C28H31F6N3O3/c1-26(2,18-11-19(27(29,30)31)13-20(12-18)28(32,33)34)24(39)35(3)23-16-37(25(40)36-10-9-21(38)14-36)15-22(23)17-7-5-4-6-8-17/h4-8,11-13,21-23,38H,9-10,14-16H2,1-3H3/t21-,22-,23+/m0/s1. The van der Waals surface area contributed by atoms with Gasteiger partial charge in [-0.05, 0) is 49.6 Å². The summed E-state index contributed by atoms with van der Waals surface area (Å²) in [6, 6.07) is 9.42. The van der Waals surface area contributed by atoms with Gasteiger partial charge in [0.05, 0.1) is 28.7 Å². The van der Waals surface area contributed by atoms with E-state index in [2.05, 4.69) is 0 Å². The fraction of sp³-hybridized carbons (Fsp3) is 0.500. The van der Waals surface area contributed by atoms with Crippen molar-refractivity contribution in [3.8, 4) is 0 Å². The lowest BCUT2D eigenvalue weighted by atomic mass is 9.80. The molecule has 3 atom stereocenters. The molecule has 2 aromatic rings. The van der Waals surface area contributed by atoms with E-state index in [4.69, 9.17) is 0 Å². The first-order valence-corrected chi connectivity index (χ1v) is 12.8. The van der Waals surface area contributed by atoms with Gasteiger partial charge in [-0.15, -0.1) is 0 Å². The highest BCUT2D eigenvalue weighted by atomic mass is 19.4. The van der Waals surface area contributed by atoms with E-state index in [9.17, 15) is 41.0 Å². The Hall–Kier alpha value is -3.28. The third-order valence-electron chi connectivity index (χ3n) is 7.88. The summed E-state index contributed by atoms with van der Waals surface area (Å²) >= 11 is 0. The molecule has 2 aromatic carbocycles. The number of aliphatic hydroxyl groups excluding tert-OH is 1. The van der Waals surface area contributed by atoms with Gasteiger partial charge in [0.2, 0.25) is 5.91 Å². The average Bonchev–Trinajstić information content (AvgIpc) is 3.53. The molecule has 0 radical (unpaired) electrons. The van der Waals surface area contributed by atoms with Gasteiger partial charge in [0.15, 0.2) is 0 Å². The first-order valence-electron chi connectivity index (χ1n) is 12.8. The smallest absolute Gasteiger partial charge is 0.391 e.